The summed E-state index contributed by atoms with van der Waals surface area (Å²) in [7, 11) is 5.02. The van der Waals surface area contributed by atoms with E-state index in [1.54, 1.807) is 21.3 Å². The summed E-state index contributed by atoms with van der Waals surface area (Å²) >= 11 is 0. The lowest BCUT2D eigenvalue weighted by Gasteiger charge is -2.21. The molecule has 3 N–H and O–H groups in total. The monoisotopic (exact) mass is 439 g/mol. The van der Waals surface area contributed by atoms with Crippen molar-refractivity contribution in [3.05, 3.63) is 54.1 Å². The van der Waals surface area contributed by atoms with Crippen molar-refractivity contribution in [2.24, 2.45) is 4.99 Å². The van der Waals surface area contributed by atoms with Crippen molar-refractivity contribution in [3.8, 4) is 11.5 Å². The highest BCUT2D eigenvalue weighted by molar-refractivity contribution is 5.86. The maximum Gasteiger partial charge on any atom is 0.239 e. The Kier molecular flexibility index (Phi) is 8.60. The van der Waals surface area contributed by atoms with Gasteiger partial charge in [0.25, 0.3) is 0 Å². The molecule has 1 heterocycles. The third kappa shape index (κ3) is 6.80. The van der Waals surface area contributed by atoms with E-state index in [9.17, 15) is 4.79 Å². The molecule has 2 aromatic carbocycles. The van der Waals surface area contributed by atoms with E-state index in [-0.39, 0.29) is 18.5 Å². The smallest absolute Gasteiger partial charge is 0.239 e. The predicted octanol–water partition coefficient (Wildman–Crippen LogP) is 1.81. The molecule has 0 bridgehead atoms. The molecule has 1 unspecified atom stereocenters. The normalized spacial score (nSPS) is 15.9. The highest BCUT2D eigenvalue weighted by Gasteiger charge is 2.24. The fourth-order valence-corrected chi connectivity index (χ4v) is 3.69. The first kappa shape index (κ1) is 23.2. The Bertz CT molecular complexity index is 882. The molecule has 1 amide bonds. The highest BCUT2D eigenvalue weighted by atomic mass is 16.5. The van der Waals surface area contributed by atoms with E-state index in [2.05, 4.69) is 38.0 Å². The molecule has 1 aliphatic rings. The van der Waals surface area contributed by atoms with Gasteiger partial charge in [-0.2, -0.15) is 0 Å². The van der Waals surface area contributed by atoms with Crippen molar-refractivity contribution in [1.29, 1.82) is 0 Å². The number of nitrogens with zero attached hydrogens (tertiary/aromatic N) is 2. The van der Waals surface area contributed by atoms with Crippen LogP contribution in [0, 0.1) is 0 Å². The van der Waals surface area contributed by atoms with Crippen LogP contribution in [-0.2, 0) is 11.2 Å². The Labute approximate surface area is 190 Å². The Morgan fingerprint density at radius 2 is 1.81 bits per heavy atom. The SMILES string of the molecule is CN=C(NCC(=O)NCCc1ccccc1)NC1CCN(c2cc(OC)cc(OC)c2)C1. The fourth-order valence-electron chi connectivity index (χ4n) is 3.69. The topological polar surface area (TPSA) is 87.2 Å². The van der Waals surface area contributed by atoms with Gasteiger partial charge in [-0.25, -0.2) is 0 Å². The lowest BCUT2D eigenvalue weighted by atomic mass is 10.1. The third-order valence-electron chi connectivity index (χ3n) is 5.45. The molecule has 0 spiro atoms. The zero-order chi connectivity index (χ0) is 22.8. The number of amides is 1. The highest BCUT2D eigenvalue weighted by Crippen LogP contribution is 2.30. The van der Waals surface area contributed by atoms with Gasteiger partial charge in [0.2, 0.25) is 5.91 Å². The molecule has 3 rings (SSSR count). The maximum absolute atomic E-state index is 12.2. The Morgan fingerprint density at radius 3 is 2.47 bits per heavy atom. The van der Waals surface area contributed by atoms with Gasteiger partial charge in [0.05, 0.1) is 20.8 Å². The molecule has 1 atom stereocenters. The van der Waals surface area contributed by atoms with Crippen molar-refractivity contribution in [2.45, 2.75) is 18.9 Å². The molecule has 172 valence electrons. The van der Waals surface area contributed by atoms with E-state index < -0.39 is 0 Å². The number of hydrogen-bond donors (Lipinski definition) is 3. The number of anilines is 1. The second kappa shape index (κ2) is 11.8. The van der Waals surface area contributed by atoms with Crippen molar-refractivity contribution >= 4 is 17.6 Å². The molecule has 8 heteroatoms. The predicted molar refractivity (Wildman–Crippen MR) is 128 cm³/mol. The summed E-state index contributed by atoms with van der Waals surface area (Å²) in [6.07, 6.45) is 1.77. The minimum atomic E-state index is -0.0552. The number of carbonyl (C=O) groups is 1. The van der Waals surface area contributed by atoms with Gasteiger partial charge in [-0.15, -0.1) is 0 Å². The van der Waals surface area contributed by atoms with Crippen molar-refractivity contribution in [1.82, 2.24) is 16.0 Å². The molecule has 0 aliphatic carbocycles. The average molecular weight is 440 g/mol. The first-order valence-electron chi connectivity index (χ1n) is 10.9. The summed E-state index contributed by atoms with van der Waals surface area (Å²) in [5.74, 6) is 2.11. The van der Waals surface area contributed by atoms with E-state index in [0.717, 1.165) is 43.1 Å². The molecule has 8 nitrogen and oxygen atoms in total. The van der Waals surface area contributed by atoms with Gasteiger partial charge < -0.3 is 30.3 Å². The van der Waals surface area contributed by atoms with Crippen LogP contribution in [0.5, 0.6) is 11.5 Å². The second-order valence-corrected chi connectivity index (χ2v) is 7.66. The van der Waals surface area contributed by atoms with E-state index in [4.69, 9.17) is 9.47 Å². The zero-order valence-corrected chi connectivity index (χ0v) is 19.1. The fraction of sp³-hybridized carbons (Fsp3) is 0.417. The summed E-state index contributed by atoms with van der Waals surface area (Å²) in [6.45, 7) is 2.52. The Morgan fingerprint density at radius 1 is 1.09 bits per heavy atom. The molecular formula is C24H33N5O3. The minimum absolute atomic E-state index is 0.0552. The quantitative estimate of drug-likeness (QED) is 0.408. The summed E-state index contributed by atoms with van der Waals surface area (Å²) < 4.78 is 10.8. The molecule has 1 aliphatic heterocycles. The van der Waals surface area contributed by atoms with Gasteiger partial charge in [0, 0.05) is 56.6 Å². The number of carbonyl (C=O) groups excluding carboxylic acids is 1. The van der Waals surface area contributed by atoms with Crippen LogP contribution in [0.4, 0.5) is 5.69 Å². The van der Waals surface area contributed by atoms with Crippen LogP contribution in [0.2, 0.25) is 0 Å². The summed E-state index contributed by atoms with van der Waals surface area (Å²) in [5, 5.41) is 9.46. The molecule has 1 saturated heterocycles. The molecule has 32 heavy (non-hydrogen) atoms. The average Bonchev–Trinajstić information content (AvgIpc) is 3.30. The number of aliphatic imine (C=N–C) groups is 1. The number of nitrogens with one attached hydrogen (secondary N) is 3. The molecule has 0 radical (unpaired) electrons. The van der Waals surface area contributed by atoms with Crippen LogP contribution < -0.4 is 30.3 Å². The Hall–Kier alpha value is -3.42. The van der Waals surface area contributed by atoms with Crippen LogP contribution in [-0.4, -0.2) is 65.4 Å². The first-order chi connectivity index (χ1) is 15.6. The van der Waals surface area contributed by atoms with E-state index in [1.165, 1.54) is 5.56 Å². The molecule has 0 saturated carbocycles. The second-order valence-electron chi connectivity index (χ2n) is 7.66. The maximum atomic E-state index is 12.2. The lowest BCUT2D eigenvalue weighted by molar-refractivity contribution is -0.119. The van der Waals surface area contributed by atoms with E-state index in [1.807, 2.05) is 36.4 Å². The van der Waals surface area contributed by atoms with Gasteiger partial charge in [-0.3, -0.25) is 9.79 Å². The Balaban J connectivity index is 1.42. The van der Waals surface area contributed by atoms with Crippen LogP contribution in [0.25, 0.3) is 0 Å². The van der Waals surface area contributed by atoms with E-state index >= 15 is 0 Å². The van der Waals surface area contributed by atoms with Crippen molar-refractivity contribution in [2.75, 3.05) is 52.3 Å². The van der Waals surface area contributed by atoms with E-state index in [0.29, 0.717) is 12.5 Å². The van der Waals surface area contributed by atoms with Gasteiger partial charge in [-0.05, 0) is 18.4 Å². The number of hydrogen-bond acceptors (Lipinski definition) is 5. The molecule has 1 fully saturated rings. The lowest BCUT2D eigenvalue weighted by Crippen LogP contribution is -2.47. The van der Waals surface area contributed by atoms with Crippen LogP contribution in [0.1, 0.15) is 12.0 Å². The summed E-state index contributed by atoms with van der Waals surface area (Å²) in [6, 6.07) is 16.2. The number of ether oxygens (including phenoxy) is 2. The zero-order valence-electron chi connectivity index (χ0n) is 19.1. The van der Waals surface area contributed by atoms with Gasteiger partial charge in [-0.1, -0.05) is 30.3 Å². The van der Waals surface area contributed by atoms with Gasteiger partial charge >= 0.3 is 0 Å². The minimum Gasteiger partial charge on any atom is -0.497 e. The number of methoxy groups -OCH3 is 2. The number of benzene rings is 2. The standard InChI is InChI=1S/C24H33N5O3/c1-25-24(27-16-23(30)26-11-9-18-7-5-4-6-8-18)28-19-10-12-29(17-19)20-13-21(31-2)15-22(14-20)32-3/h4-8,13-15,19H,9-12,16-17H2,1-3H3,(H,26,30)(H2,25,27,28). The third-order valence-corrected chi connectivity index (χ3v) is 5.45. The van der Waals surface area contributed by atoms with Crippen LogP contribution >= 0.6 is 0 Å². The van der Waals surface area contributed by atoms with Crippen LogP contribution in [0.15, 0.2) is 53.5 Å². The van der Waals surface area contributed by atoms with Crippen molar-refractivity contribution in [3.63, 3.8) is 0 Å². The van der Waals surface area contributed by atoms with Crippen LogP contribution in [0.3, 0.4) is 0 Å². The summed E-state index contributed by atoms with van der Waals surface area (Å²) in [5.41, 5.74) is 2.27. The van der Waals surface area contributed by atoms with Crippen molar-refractivity contribution < 1.29 is 14.3 Å². The molecular weight excluding hydrogens is 406 g/mol. The molecule has 0 aromatic heterocycles. The van der Waals surface area contributed by atoms with Gasteiger partial charge in [0.15, 0.2) is 5.96 Å². The van der Waals surface area contributed by atoms with Gasteiger partial charge in [0.1, 0.15) is 11.5 Å². The number of guanidine groups is 1. The first-order valence-corrected chi connectivity index (χ1v) is 10.9. The molecule has 2 aromatic rings. The largest absolute Gasteiger partial charge is 0.497 e. The number of rotatable bonds is 9. The summed E-state index contributed by atoms with van der Waals surface area (Å²) in [4.78, 5) is 18.7.